The standard InChI is InChI=1S/C7H14O3/c1-4-5(2)6(8)7(9)10-3/h5-6,8H,4H2,1-3H3/t5-,6-/m0/s1. The van der Waals surface area contributed by atoms with Crippen LogP contribution < -0.4 is 0 Å². The summed E-state index contributed by atoms with van der Waals surface area (Å²) in [5, 5.41) is 9.11. The lowest BCUT2D eigenvalue weighted by Crippen LogP contribution is -2.28. The molecule has 60 valence electrons. The molecule has 0 aliphatic heterocycles. The fourth-order valence-electron chi connectivity index (χ4n) is 0.576. The number of hydrogen-bond donors (Lipinski definition) is 1. The van der Waals surface area contributed by atoms with Crippen molar-refractivity contribution in [2.75, 3.05) is 7.11 Å². The molecule has 0 aromatic heterocycles. The maximum absolute atomic E-state index is 10.6. The van der Waals surface area contributed by atoms with Crippen LogP contribution in [-0.2, 0) is 9.53 Å². The van der Waals surface area contributed by atoms with Crippen molar-refractivity contribution in [2.24, 2.45) is 5.92 Å². The second-order valence-electron chi connectivity index (χ2n) is 2.35. The van der Waals surface area contributed by atoms with Crippen molar-refractivity contribution in [1.29, 1.82) is 0 Å². The first-order valence-electron chi connectivity index (χ1n) is 3.39. The summed E-state index contributed by atoms with van der Waals surface area (Å²) in [6, 6.07) is 0. The largest absolute Gasteiger partial charge is 0.467 e. The Kier molecular flexibility index (Phi) is 4.03. The number of aliphatic hydroxyl groups is 1. The van der Waals surface area contributed by atoms with Gasteiger partial charge < -0.3 is 9.84 Å². The van der Waals surface area contributed by atoms with Crippen molar-refractivity contribution in [3.8, 4) is 0 Å². The molecule has 2 atom stereocenters. The van der Waals surface area contributed by atoms with Gasteiger partial charge in [0.2, 0.25) is 0 Å². The molecule has 0 aromatic rings. The van der Waals surface area contributed by atoms with E-state index in [1.54, 1.807) is 0 Å². The van der Waals surface area contributed by atoms with Crippen molar-refractivity contribution < 1.29 is 14.6 Å². The van der Waals surface area contributed by atoms with E-state index in [1.807, 2.05) is 13.8 Å². The van der Waals surface area contributed by atoms with Gasteiger partial charge in [-0.2, -0.15) is 0 Å². The Morgan fingerprint density at radius 3 is 2.50 bits per heavy atom. The van der Waals surface area contributed by atoms with Gasteiger partial charge in [0.05, 0.1) is 7.11 Å². The summed E-state index contributed by atoms with van der Waals surface area (Å²) < 4.78 is 4.35. The minimum Gasteiger partial charge on any atom is -0.467 e. The lowest BCUT2D eigenvalue weighted by molar-refractivity contribution is -0.153. The molecule has 0 aliphatic carbocycles. The Hall–Kier alpha value is -0.570. The Balaban J connectivity index is 3.81. The SMILES string of the molecule is CC[C@H](C)[C@H](O)C(=O)OC. The van der Waals surface area contributed by atoms with Crippen LogP contribution in [0.2, 0.25) is 0 Å². The summed E-state index contributed by atoms with van der Waals surface area (Å²) in [7, 11) is 1.27. The molecule has 0 rings (SSSR count). The predicted octanol–water partition coefficient (Wildman–Crippen LogP) is 0.566. The van der Waals surface area contributed by atoms with Gasteiger partial charge in [-0.3, -0.25) is 0 Å². The van der Waals surface area contributed by atoms with Crippen LogP contribution in [0.25, 0.3) is 0 Å². The van der Waals surface area contributed by atoms with E-state index in [0.717, 1.165) is 6.42 Å². The van der Waals surface area contributed by atoms with Crippen LogP contribution in [0.15, 0.2) is 0 Å². The second-order valence-corrected chi connectivity index (χ2v) is 2.35. The van der Waals surface area contributed by atoms with E-state index in [2.05, 4.69) is 4.74 Å². The van der Waals surface area contributed by atoms with Gasteiger partial charge >= 0.3 is 5.97 Å². The van der Waals surface area contributed by atoms with Gasteiger partial charge in [-0.25, -0.2) is 4.79 Å². The van der Waals surface area contributed by atoms with Crippen LogP contribution in [0.4, 0.5) is 0 Å². The first-order chi connectivity index (χ1) is 4.63. The number of hydrogen-bond acceptors (Lipinski definition) is 3. The monoisotopic (exact) mass is 146 g/mol. The zero-order chi connectivity index (χ0) is 8.15. The summed E-state index contributed by atoms with van der Waals surface area (Å²) in [4.78, 5) is 10.6. The smallest absolute Gasteiger partial charge is 0.334 e. The molecule has 0 aromatic carbocycles. The normalized spacial score (nSPS) is 16.0. The van der Waals surface area contributed by atoms with Gasteiger partial charge in [0.1, 0.15) is 0 Å². The Morgan fingerprint density at radius 2 is 2.20 bits per heavy atom. The van der Waals surface area contributed by atoms with Crippen molar-refractivity contribution >= 4 is 5.97 Å². The second kappa shape index (κ2) is 4.28. The molecule has 0 bridgehead atoms. The summed E-state index contributed by atoms with van der Waals surface area (Å²) in [6.07, 6.45) is -0.189. The number of carbonyl (C=O) groups is 1. The van der Waals surface area contributed by atoms with E-state index in [9.17, 15) is 4.79 Å². The molecular weight excluding hydrogens is 132 g/mol. The average Bonchev–Trinajstić information content (AvgIpc) is 2.00. The Labute approximate surface area is 61.0 Å². The minimum absolute atomic E-state index is 0.0209. The number of rotatable bonds is 3. The lowest BCUT2D eigenvalue weighted by Gasteiger charge is -2.13. The molecular formula is C7H14O3. The molecule has 0 unspecified atom stereocenters. The van der Waals surface area contributed by atoms with Gasteiger partial charge in [-0.1, -0.05) is 20.3 Å². The average molecular weight is 146 g/mol. The van der Waals surface area contributed by atoms with E-state index in [-0.39, 0.29) is 5.92 Å². The molecule has 10 heavy (non-hydrogen) atoms. The van der Waals surface area contributed by atoms with Crippen molar-refractivity contribution in [3.05, 3.63) is 0 Å². The molecule has 1 N–H and O–H groups in total. The summed E-state index contributed by atoms with van der Waals surface area (Å²) in [5.74, 6) is -0.568. The zero-order valence-electron chi connectivity index (χ0n) is 6.63. The summed E-state index contributed by atoms with van der Waals surface area (Å²) >= 11 is 0. The number of aliphatic hydroxyl groups excluding tert-OH is 1. The maximum atomic E-state index is 10.6. The molecule has 0 saturated carbocycles. The van der Waals surface area contributed by atoms with E-state index in [4.69, 9.17) is 5.11 Å². The topological polar surface area (TPSA) is 46.5 Å². The van der Waals surface area contributed by atoms with Crippen molar-refractivity contribution in [2.45, 2.75) is 26.4 Å². The molecule has 0 heterocycles. The lowest BCUT2D eigenvalue weighted by atomic mass is 10.0. The number of carbonyl (C=O) groups excluding carboxylic acids is 1. The van der Waals surface area contributed by atoms with Crippen molar-refractivity contribution in [3.63, 3.8) is 0 Å². The minimum atomic E-state index is -0.963. The van der Waals surface area contributed by atoms with Gasteiger partial charge in [0, 0.05) is 0 Å². The highest BCUT2D eigenvalue weighted by Crippen LogP contribution is 2.07. The quantitative estimate of drug-likeness (QED) is 0.592. The maximum Gasteiger partial charge on any atom is 0.334 e. The molecule has 0 saturated heterocycles. The first-order valence-corrected chi connectivity index (χ1v) is 3.39. The highest BCUT2D eigenvalue weighted by molar-refractivity contribution is 5.74. The molecule has 0 aliphatic rings. The molecule has 0 radical (unpaired) electrons. The highest BCUT2D eigenvalue weighted by Gasteiger charge is 2.20. The van der Waals surface area contributed by atoms with Crippen molar-refractivity contribution in [1.82, 2.24) is 0 Å². The third kappa shape index (κ3) is 2.35. The Morgan fingerprint density at radius 1 is 1.70 bits per heavy atom. The Bertz CT molecular complexity index is 111. The molecule has 0 spiro atoms. The van der Waals surface area contributed by atoms with Crippen LogP contribution in [0.3, 0.4) is 0 Å². The van der Waals surface area contributed by atoms with Crippen LogP contribution in [0.5, 0.6) is 0 Å². The van der Waals surface area contributed by atoms with E-state index in [0.29, 0.717) is 0 Å². The van der Waals surface area contributed by atoms with Crippen LogP contribution in [-0.4, -0.2) is 24.3 Å². The molecule has 0 amide bonds. The molecule has 3 heteroatoms. The fourth-order valence-corrected chi connectivity index (χ4v) is 0.576. The van der Waals surface area contributed by atoms with Crippen LogP contribution >= 0.6 is 0 Å². The third-order valence-electron chi connectivity index (χ3n) is 1.63. The summed E-state index contributed by atoms with van der Waals surface area (Å²) in [6.45, 7) is 3.72. The number of methoxy groups -OCH3 is 1. The van der Waals surface area contributed by atoms with E-state index >= 15 is 0 Å². The van der Waals surface area contributed by atoms with E-state index in [1.165, 1.54) is 7.11 Å². The number of esters is 1. The number of ether oxygens (including phenoxy) is 1. The zero-order valence-corrected chi connectivity index (χ0v) is 6.63. The summed E-state index contributed by atoms with van der Waals surface area (Å²) in [5.41, 5.74) is 0. The predicted molar refractivity (Wildman–Crippen MR) is 37.5 cm³/mol. The van der Waals surface area contributed by atoms with E-state index < -0.39 is 12.1 Å². The van der Waals surface area contributed by atoms with Crippen LogP contribution in [0, 0.1) is 5.92 Å². The highest BCUT2D eigenvalue weighted by atomic mass is 16.5. The van der Waals surface area contributed by atoms with Gasteiger partial charge in [0.15, 0.2) is 6.10 Å². The molecule has 0 fully saturated rings. The van der Waals surface area contributed by atoms with Crippen LogP contribution in [0.1, 0.15) is 20.3 Å². The fraction of sp³-hybridized carbons (Fsp3) is 0.857. The third-order valence-corrected chi connectivity index (χ3v) is 1.63. The van der Waals surface area contributed by atoms with Gasteiger partial charge in [-0.05, 0) is 5.92 Å². The first kappa shape index (κ1) is 9.43. The molecule has 3 nitrogen and oxygen atoms in total. The van der Waals surface area contributed by atoms with Gasteiger partial charge in [0.25, 0.3) is 0 Å². The van der Waals surface area contributed by atoms with Gasteiger partial charge in [-0.15, -0.1) is 0 Å².